The van der Waals surface area contributed by atoms with E-state index in [4.69, 9.17) is 30.5 Å². The molecule has 6 nitrogen and oxygen atoms in total. The van der Waals surface area contributed by atoms with Gasteiger partial charge in [0.25, 0.3) is 5.91 Å². The van der Waals surface area contributed by atoms with Crippen LogP contribution in [0.4, 0.5) is 5.69 Å². The minimum absolute atomic E-state index is 0.330. The molecular formula is C17H18ClNO5. The fourth-order valence-electron chi connectivity index (χ4n) is 2.08. The fraction of sp³-hybridized carbons (Fsp3) is 0.235. The second-order valence-electron chi connectivity index (χ2n) is 4.74. The molecule has 0 heterocycles. The lowest BCUT2D eigenvalue weighted by atomic mass is 10.1. The van der Waals surface area contributed by atoms with Crippen molar-refractivity contribution in [3.8, 4) is 23.0 Å². The molecule has 0 saturated heterocycles. The third-order valence-electron chi connectivity index (χ3n) is 3.34. The van der Waals surface area contributed by atoms with Crippen molar-refractivity contribution in [3.63, 3.8) is 0 Å². The largest absolute Gasteiger partial charge is 0.497 e. The van der Waals surface area contributed by atoms with E-state index in [1.165, 1.54) is 28.4 Å². The van der Waals surface area contributed by atoms with Crippen molar-refractivity contribution in [2.45, 2.75) is 0 Å². The molecule has 0 aliphatic rings. The van der Waals surface area contributed by atoms with E-state index in [1.54, 1.807) is 30.3 Å². The monoisotopic (exact) mass is 351 g/mol. The van der Waals surface area contributed by atoms with Crippen molar-refractivity contribution in [2.24, 2.45) is 0 Å². The summed E-state index contributed by atoms with van der Waals surface area (Å²) in [5, 5.41) is 3.07. The van der Waals surface area contributed by atoms with Gasteiger partial charge in [-0.25, -0.2) is 0 Å². The molecular weight excluding hydrogens is 334 g/mol. The van der Waals surface area contributed by atoms with Gasteiger partial charge in [0, 0.05) is 23.8 Å². The van der Waals surface area contributed by atoms with E-state index in [0.717, 1.165) is 0 Å². The Hall–Kier alpha value is -2.60. The molecule has 2 rings (SSSR count). The van der Waals surface area contributed by atoms with Gasteiger partial charge in [-0.2, -0.15) is 0 Å². The molecule has 0 unspecified atom stereocenters. The molecule has 0 fully saturated rings. The number of carbonyl (C=O) groups excluding carboxylic acids is 1. The van der Waals surface area contributed by atoms with Crippen LogP contribution in [0.5, 0.6) is 23.0 Å². The highest BCUT2D eigenvalue weighted by atomic mass is 35.5. The lowest BCUT2D eigenvalue weighted by molar-refractivity contribution is 0.102. The van der Waals surface area contributed by atoms with Gasteiger partial charge in [-0.05, 0) is 12.1 Å². The topological polar surface area (TPSA) is 66.0 Å². The van der Waals surface area contributed by atoms with Crippen molar-refractivity contribution in [1.29, 1.82) is 0 Å². The molecule has 2 aromatic rings. The number of anilines is 1. The van der Waals surface area contributed by atoms with E-state index in [0.29, 0.717) is 39.3 Å². The van der Waals surface area contributed by atoms with Gasteiger partial charge in [0.1, 0.15) is 11.5 Å². The third-order valence-corrected chi connectivity index (χ3v) is 3.65. The Morgan fingerprint density at radius 3 is 1.88 bits per heavy atom. The highest BCUT2D eigenvalue weighted by Crippen LogP contribution is 2.36. The van der Waals surface area contributed by atoms with Crippen molar-refractivity contribution in [2.75, 3.05) is 33.8 Å². The number of nitrogens with one attached hydrogen (secondary N) is 1. The van der Waals surface area contributed by atoms with Crippen LogP contribution in [0.1, 0.15) is 10.4 Å². The fourth-order valence-corrected chi connectivity index (χ4v) is 2.28. The lowest BCUT2D eigenvalue weighted by Gasteiger charge is -2.13. The second kappa shape index (κ2) is 7.79. The standard InChI is InChI=1S/C17H18ClNO5/c1-21-11-5-10(6-12(7-11)22-2)17(20)19-14-9-16(24-4)15(23-3)8-13(14)18/h5-9H,1-4H3,(H,19,20). The summed E-state index contributed by atoms with van der Waals surface area (Å²) in [6, 6.07) is 8.05. The maximum absolute atomic E-state index is 12.5. The van der Waals surface area contributed by atoms with E-state index in [9.17, 15) is 4.79 Å². The quantitative estimate of drug-likeness (QED) is 0.860. The Labute approximate surface area is 145 Å². The Morgan fingerprint density at radius 2 is 1.38 bits per heavy atom. The van der Waals surface area contributed by atoms with Gasteiger partial charge < -0.3 is 24.3 Å². The Balaban J connectivity index is 2.33. The molecule has 0 aliphatic carbocycles. The van der Waals surface area contributed by atoms with Gasteiger partial charge in [-0.3, -0.25) is 4.79 Å². The van der Waals surface area contributed by atoms with Crippen LogP contribution in [0.2, 0.25) is 5.02 Å². The van der Waals surface area contributed by atoms with Gasteiger partial charge in [0.15, 0.2) is 11.5 Å². The van der Waals surface area contributed by atoms with Gasteiger partial charge in [0.2, 0.25) is 0 Å². The number of ether oxygens (including phenoxy) is 4. The molecule has 0 bridgehead atoms. The van der Waals surface area contributed by atoms with E-state index < -0.39 is 0 Å². The van der Waals surface area contributed by atoms with Crippen molar-refractivity contribution >= 4 is 23.2 Å². The van der Waals surface area contributed by atoms with Gasteiger partial charge in [-0.1, -0.05) is 11.6 Å². The van der Waals surface area contributed by atoms with Crippen LogP contribution >= 0.6 is 11.6 Å². The molecule has 0 spiro atoms. The summed E-state index contributed by atoms with van der Waals surface area (Å²) in [5.74, 6) is 1.60. The normalized spacial score (nSPS) is 10.0. The smallest absolute Gasteiger partial charge is 0.255 e. The number of carbonyl (C=O) groups is 1. The van der Waals surface area contributed by atoms with Gasteiger partial charge >= 0.3 is 0 Å². The van der Waals surface area contributed by atoms with Crippen LogP contribution in [0, 0.1) is 0 Å². The Morgan fingerprint density at radius 1 is 0.833 bits per heavy atom. The van der Waals surface area contributed by atoms with Crippen molar-refractivity contribution in [1.82, 2.24) is 0 Å². The zero-order valence-corrected chi connectivity index (χ0v) is 14.6. The van der Waals surface area contributed by atoms with Crippen LogP contribution in [-0.2, 0) is 0 Å². The Kier molecular flexibility index (Phi) is 5.76. The number of hydrogen-bond acceptors (Lipinski definition) is 5. The van der Waals surface area contributed by atoms with Crippen LogP contribution in [0.15, 0.2) is 30.3 Å². The number of rotatable bonds is 6. The highest BCUT2D eigenvalue weighted by Gasteiger charge is 2.15. The number of amides is 1. The molecule has 24 heavy (non-hydrogen) atoms. The third kappa shape index (κ3) is 3.83. The molecule has 1 amide bonds. The number of benzene rings is 2. The Bertz CT molecular complexity index is 726. The SMILES string of the molecule is COc1cc(OC)cc(C(=O)Nc2cc(OC)c(OC)cc2Cl)c1. The molecule has 0 radical (unpaired) electrons. The first-order valence-corrected chi connectivity index (χ1v) is 7.36. The number of halogens is 1. The minimum atomic E-state index is -0.360. The lowest BCUT2D eigenvalue weighted by Crippen LogP contribution is -2.13. The first kappa shape index (κ1) is 17.7. The maximum atomic E-state index is 12.5. The summed E-state index contributed by atoms with van der Waals surface area (Å²) in [5.41, 5.74) is 0.776. The zero-order valence-electron chi connectivity index (χ0n) is 13.8. The average Bonchev–Trinajstić information content (AvgIpc) is 2.62. The van der Waals surface area contributed by atoms with Crippen molar-refractivity contribution < 1.29 is 23.7 Å². The first-order valence-electron chi connectivity index (χ1n) is 6.98. The summed E-state index contributed by atoms with van der Waals surface area (Å²) >= 11 is 6.19. The van der Waals surface area contributed by atoms with Crippen LogP contribution < -0.4 is 24.3 Å². The molecule has 1 N–H and O–H groups in total. The van der Waals surface area contributed by atoms with Crippen LogP contribution in [0.3, 0.4) is 0 Å². The molecule has 128 valence electrons. The summed E-state index contributed by atoms with van der Waals surface area (Å²) in [4.78, 5) is 12.5. The van der Waals surface area contributed by atoms with E-state index >= 15 is 0 Å². The summed E-state index contributed by atoms with van der Waals surface area (Å²) in [6.45, 7) is 0. The predicted octanol–water partition coefficient (Wildman–Crippen LogP) is 3.63. The summed E-state index contributed by atoms with van der Waals surface area (Å²) < 4.78 is 20.7. The average molecular weight is 352 g/mol. The highest BCUT2D eigenvalue weighted by molar-refractivity contribution is 6.34. The summed E-state index contributed by atoms with van der Waals surface area (Å²) in [7, 11) is 6.04. The van der Waals surface area contributed by atoms with E-state index in [-0.39, 0.29) is 5.91 Å². The molecule has 0 aromatic heterocycles. The molecule has 0 aliphatic heterocycles. The number of methoxy groups -OCH3 is 4. The second-order valence-corrected chi connectivity index (χ2v) is 5.15. The van der Waals surface area contributed by atoms with Crippen molar-refractivity contribution in [3.05, 3.63) is 40.9 Å². The van der Waals surface area contributed by atoms with E-state index in [1.807, 2.05) is 0 Å². The van der Waals surface area contributed by atoms with E-state index in [2.05, 4.69) is 5.32 Å². The number of hydrogen-bond donors (Lipinski definition) is 1. The molecule has 0 saturated carbocycles. The predicted molar refractivity (Wildman–Crippen MR) is 92.1 cm³/mol. The first-order chi connectivity index (χ1) is 11.5. The summed E-state index contributed by atoms with van der Waals surface area (Å²) in [6.07, 6.45) is 0. The molecule has 0 atom stereocenters. The molecule has 7 heteroatoms. The maximum Gasteiger partial charge on any atom is 0.255 e. The van der Waals surface area contributed by atoms with Crippen LogP contribution in [-0.4, -0.2) is 34.3 Å². The zero-order chi connectivity index (χ0) is 17.7. The van der Waals surface area contributed by atoms with Gasteiger partial charge in [0.05, 0.1) is 39.1 Å². The van der Waals surface area contributed by atoms with Gasteiger partial charge in [-0.15, -0.1) is 0 Å². The minimum Gasteiger partial charge on any atom is -0.497 e. The van der Waals surface area contributed by atoms with Crippen LogP contribution in [0.25, 0.3) is 0 Å². The molecule has 2 aromatic carbocycles.